The standard InChI is InChI=1S/C12H18Cl2N2/c1-3-6-16-12(11(14)7-15-16)9-4-5-10(13)8(9)2/h7-10H,3-6H2,1-2H3. The van der Waals surface area contributed by atoms with E-state index in [1.807, 2.05) is 0 Å². The van der Waals surface area contributed by atoms with E-state index in [2.05, 4.69) is 23.6 Å². The van der Waals surface area contributed by atoms with Crippen molar-refractivity contribution >= 4 is 23.2 Å². The van der Waals surface area contributed by atoms with E-state index in [1.54, 1.807) is 6.20 Å². The summed E-state index contributed by atoms with van der Waals surface area (Å²) in [7, 11) is 0. The van der Waals surface area contributed by atoms with Gasteiger partial charge in [0.2, 0.25) is 0 Å². The molecule has 1 heterocycles. The fraction of sp³-hybridized carbons (Fsp3) is 0.750. The van der Waals surface area contributed by atoms with Gasteiger partial charge < -0.3 is 0 Å². The first-order chi connectivity index (χ1) is 7.65. The molecule has 0 radical (unpaired) electrons. The highest BCUT2D eigenvalue weighted by Gasteiger charge is 2.35. The number of halogens is 2. The lowest BCUT2D eigenvalue weighted by molar-refractivity contribution is 0.475. The molecule has 3 atom stereocenters. The zero-order chi connectivity index (χ0) is 11.7. The third kappa shape index (κ3) is 2.10. The maximum absolute atomic E-state index is 6.28. The summed E-state index contributed by atoms with van der Waals surface area (Å²) in [5.74, 6) is 0.968. The highest BCUT2D eigenvalue weighted by molar-refractivity contribution is 6.31. The Kier molecular flexibility index (Phi) is 3.81. The molecule has 1 saturated carbocycles. The van der Waals surface area contributed by atoms with E-state index in [0.29, 0.717) is 11.8 Å². The van der Waals surface area contributed by atoms with Crippen molar-refractivity contribution in [1.29, 1.82) is 0 Å². The Balaban J connectivity index is 2.28. The fourth-order valence-corrected chi connectivity index (χ4v) is 3.22. The molecule has 0 aliphatic heterocycles. The Morgan fingerprint density at radius 1 is 1.50 bits per heavy atom. The van der Waals surface area contributed by atoms with Gasteiger partial charge in [-0.1, -0.05) is 25.4 Å². The molecule has 1 aromatic heterocycles. The predicted octanol–water partition coefficient (Wildman–Crippen LogP) is 4.07. The molecule has 2 nitrogen and oxygen atoms in total. The molecule has 3 unspecified atom stereocenters. The third-order valence-electron chi connectivity index (χ3n) is 3.58. The van der Waals surface area contributed by atoms with Crippen LogP contribution in [-0.2, 0) is 6.54 Å². The molecular formula is C12H18Cl2N2. The third-order valence-corrected chi connectivity index (χ3v) is 4.49. The van der Waals surface area contributed by atoms with Crippen molar-refractivity contribution in [3.63, 3.8) is 0 Å². The minimum absolute atomic E-state index is 0.283. The summed E-state index contributed by atoms with van der Waals surface area (Å²) in [4.78, 5) is 0. The van der Waals surface area contributed by atoms with Crippen LogP contribution in [0.4, 0.5) is 0 Å². The summed E-state index contributed by atoms with van der Waals surface area (Å²) in [5, 5.41) is 5.44. The van der Waals surface area contributed by atoms with Crippen LogP contribution in [0.1, 0.15) is 44.7 Å². The number of aryl methyl sites for hydroxylation is 1. The summed E-state index contributed by atoms with van der Waals surface area (Å²) in [6, 6.07) is 0. The summed E-state index contributed by atoms with van der Waals surface area (Å²) in [5.41, 5.74) is 1.19. The van der Waals surface area contributed by atoms with E-state index in [-0.39, 0.29) is 5.38 Å². The van der Waals surface area contributed by atoms with E-state index in [4.69, 9.17) is 23.2 Å². The molecule has 90 valence electrons. The molecule has 16 heavy (non-hydrogen) atoms. The van der Waals surface area contributed by atoms with Gasteiger partial charge in [-0.25, -0.2) is 0 Å². The first-order valence-electron chi connectivity index (χ1n) is 6.00. The molecule has 1 fully saturated rings. The number of hydrogen-bond donors (Lipinski definition) is 0. The fourth-order valence-electron chi connectivity index (χ4n) is 2.63. The lowest BCUT2D eigenvalue weighted by Crippen LogP contribution is -2.15. The second-order valence-corrected chi connectivity index (χ2v) is 5.63. The normalized spacial score (nSPS) is 29.9. The number of aromatic nitrogens is 2. The van der Waals surface area contributed by atoms with Gasteiger partial charge in [-0.05, 0) is 25.2 Å². The van der Waals surface area contributed by atoms with Crippen LogP contribution in [0.3, 0.4) is 0 Å². The van der Waals surface area contributed by atoms with Crippen molar-refractivity contribution < 1.29 is 0 Å². The van der Waals surface area contributed by atoms with E-state index < -0.39 is 0 Å². The van der Waals surface area contributed by atoms with E-state index in [1.165, 1.54) is 5.69 Å². The quantitative estimate of drug-likeness (QED) is 0.750. The number of nitrogens with zero attached hydrogens (tertiary/aromatic N) is 2. The SMILES string of the molecule is CCCn1ncc(Cl)c1C1CCC(Cl)C1C. The molecule has 1 aliphatic rings. The number of hydrogen-bond acceptors (Lipinski definition) is 1. The molecule has 0 N–H and O–H groups in total. The van der Waals surface area contributed by atoms with Crippen molar-refractivity contribution in [2.45, 2.75) is 50.9 Å². The van der Waals surface area contributed by atoms with Crippen LogP contribution in [0.2, 0.25) is 5.02 Å². The Bertz CT molecular complexity index is 362. The molecule has 0 bridgehead atoms. The highest BCUT2D eigenvalue weighted by atomic mass is 35.5. The average molecular weight is 261 g/mol. The highest BCUT2D eigenvalue weighted by Crippen LogP contribution is 2.44. The largest absolute Gasteiger partial charge is 0.268 e. The Labute approximate surface area is 107 Å². The van der Waals surface area contributed by atoms with Gasteiger partial charge >= 0.3 is 0 Å². The van der Waals surface area contributed by atoms with Crippen molar-refractivity contribution in [3.8, 4) is 0 Å². The second-order valence-electron chi connectivity index (χ2n) is 4.66. The van der Waals surface area contributed by atoms with E-state index in [0.717, 1.165) is 30.8 Å². The Hall–Kier alpha value is -0.210. The molecule has 0 saturated heterocycles. The van der Waals surface area contributed by atoms with Gasteiger partial charge in [0.25, 0.3) is 0 Å². The van der Waals surface area contributed by atoms with Gasteiger partial charge in [-0.3, -0.25) is 4.68 Å². The average Bonchev–Trinajstić information content (AvgIpc) is 2.75. The van der Waals surface area contributed by atoms with Crippen LogP contribution in [0.5, 0.6) is 0 Å². The smallest absolute Gasteiger partial charge is 0.0820 e. The van der Waals surface area contributed by atoms with Crippen LogP contribution < -0.4 is 0 Å². The summed E-state index contributed by atoms with van der Waals surface area (Å²) in [6.45, 7) is 5.31. The lowest BCUT2D eigenvalue weighted by atomic mass is 9.94. The first-order valence-corrected chi connectivity index (χ1v) is 6.81. The topological polar surface area (TPSA) is 17.8 Å². The van der Waals surface area contributed by atoms with Crippen LogP contribution in [-0.4, -0.2) is 15.2 Å². The van der Waals surface area contributed by atoms with Gasteiger partial charge in [0.15, 0.2) is 0 Å². The van der Waals surface area contributed by atoms with Crippen molar-refractivity contribution in [3.05, 3.63) is 16.9 Å². The van der Waals surface area contributed by atoms with Crippen molar-refractivity contribution in [1.82, 2.24) is 9.78 Å². The molecule has 1 aliphatic carbocycles. The molecule has 1 aromatic rings. The minimum Gasteiger partial charge on any atom is -0.268 e. The van der Waals surface area contributed by atoms with E-state index >= 15 is 0 Å². The summed E-state index contributed by atoms with van der Waals surface area (Å²) in [6.07, 6.45) is 5.06. The van der Waals surface area contributed by atoms with Crippen molar-refractivity contribution in [2.24, 2.45) is 5.92 Å². The van der Waals surface area contributed by atoms with Crippen LogP contribution in [0, 0.1) is 5.92 Å². The van der Waals surface area contributed by atoms with Crippen molar-refractivity contribution in [2.75, 3.05) is 0 Å². The number of rotatable bonds is 3. The van der Waals surface area contributed by atoms with Crippen LogP contribution in [0.25, 0.3) is 0 Å². The summed E-state index contributed by atoms with van der Waals surface area (Å²) >= 11 is 12.5. The van der Waals surface area contributed by atoms with Gasteiger partial charge in [-0.15, -0.1) is 11.6 Å². The van der Waals surface area contributed by atoms with Gasteiger partial charge in [0, 0.05) is 17.8 Å². The Morgan fingerprint density at radius 3 is 2.81 bits per heavy atom. The van der Waals surface area contributed by atoms with Crippen LogP contribution >= 0.6 is 23.2 Å². The molecule has 0 amide bonds. The van der Waals surface area contributed by atoms with E-state index in [9.17, 15) is 0 Å². The Morgan fingerprint density at radius 2 is 2.25 bits per heavy atom. The van der Waals surface area contributed by atoms with Gasteiger partial charge in [0.05, 0.1) is 16.9 Å². The number of alkyl halides is 1. The molecule has 0 aromatic carbocycles. The van der Waals surface area contributed by atoms with Gasteiger partial charge in [-0.2, -0.15) is 5.10 Å². The first kappa shape index (κ1) is 12.3. The summed E-state index contributed by atoms with van der Waals surface area (Å²) < 4.78 is 2.05. The minimum atomic E-state index is 0.283. The zero-order valence-corrected chi connectivity index (χ0v) is 11.3. The predicted molar refractivity (Wildman–Crippen MR) is 68.3 cm³/mol. The monoisotopic (exact) mass is 260 g/mol. The zero-order valence-electron chi connectivity index (χ0n) is 9.79. The second kappa shape index (κ2) is 4.97. The molecule has 4 heteroatoms. The maximum Gasteiger partial charge on any atom is 0.0820 e. The maximum atomic E-state index is 6.28. The molecule has 0 spiro atoms. The molecular weight excluding hydrogens is 243 g/mol. The van der Waals surface area contributed by atoms with Gasteiger partial charge in [0.1, 0.15) is 0 Å². The van der Waals surface area contributed by atoms with Crippen LogP contribution in [0.15, 0.2) is 6.20 Å². The molecule has 2 rings (SSSR count). The lowest BCUT2D eigenvalue weighted by Gasteiger charge is -2.19.